The van der Waals surface area contributed by atoms with E-state index in [0.29, 0.717) is 25.9 Å². The summed E-state index contributed by atoms with van der Waals surface area (Å²) in [7, 11) is 0. The van der Waals surface area contributed by atoms with Gasteiger partial charge in [0, 0.05) is 37.4 Å². The monoisotopic (exact) mass is 309 g/mol. The van der Waals surface area contributed by atoms with Crippen LogP contribution in [0.3, 0.4) is 0 Å². The maximum absolute atomic E-state index is 11.5. The van der Waals surface area contributed by atoms with Crippen LogP contribution in [0, 0.1) is 10.1 Å². The second-order valence-corrected chi connectivity index (χ2v) is 4.35. The molecule has 0 atom stereocenters. The van der Waals surface area contributed by atoms with Gasteiger partial charge in [-0.25, -0.2) is 4.79 Å². The smallest absolute Gasteiger partial charge is 0.328 e. The maximum Gasteiger partial charge on any atom is 0.328 e. The minimum absolute atomic E-state index is 0.160. The van der Waals surface area contributed by atoms with Crippen LogP contribution in [0.2, 0.25) is 0 Å². The highest BCUT2D eigenvalue weighted by Crippen LogP contribution is 2.06. The lowest BCUT2D eigenvalue weighted by Crippen LogP contribution is -2.23. The van der Waals surface area contributed by atoms with Crippen LogP contribution in [0.15, 0.2) is 35.3 Å². The standard InChI is InChI=1S/C13H15N3O6/c17-11(4-6-13(19)20)14-7-1-2-8-15-9-10(16(21)22)3-5-12(15)18/h3-6,9H,1-2,7-8H2,(H,14,17)(H,19,20)/b6-4+. The van der Waals surface area contributed by atoms with Crippen molar-refractivity contribution in [2.45, 2.75) is 19.4 Å². The molecule has 118 valence electrons. The van der Waals surface area contributed by atoms with E-state index >= 15 is 0 Å². The second-order valence-electron chi connectivity index (χ2n) is 4.35. The highest BCUT2D eigenvalue weighted by molar-refractivity contribution is 5.93. The molecule has 0 fully saturated rings. The Balaban J connectivity index is 2.38. The van der Waals surface area contributed by atoms with Crippen molar-refractivity contribution in [1.29, 1.82) is 0 Å². The molecule has 1 amide bonds. The fraction of sp³-hybridized carbons (Fsp3) is 0.308. The molecule has 0 bridgehead atoms. The maximum atomic E-state index is 11.5. The zero-order valence-electron chi connectivity index (χ0n) is 11.6. The van der Waals surface area contributed by atoms with Crippen LogP contribution >= 0.6 is 0 Å². The zero-order valence-corrected chi connectivity index (χ0v) is 11.6. The number of aryl methyl sites for hydroxylation is 1. The van der Waals surface area contributed by atoms with Crippen LogP contribution < -0.4 is 10.9 Å². The van der Waals surface area contributed by atoms with E-state index in [1.807, 2.05) is 0 Å². The number of carbonyl (C=O) groups excluding carboxylic acids is 1. The predicted octanol–water partition coefficient (Wildman–Crippen LogP) is 0.294. The lowest BCUT2D eigenvalue weighted by atomic mass is 10.3. The van der Waals surface area contributed by atoms with Gasteiger partial charge in [0.1, 0.15) is 0 Å². The van der Waals surface area contributed by atoms with E-state index in [1.165, 1.54) is 10.8 Å². The summed E-state index contributed by atoms with van der Waals surface area (Å²) in [6.07, 6.45) is 3.90. The number of carboxylic acids is 1. The molecule has 1 heterocycles. The topological polar surface area (TPSA) is 132 Å². The Morgan fingerprint density at radius 3 is 2.68 bits per heavy atom. The Morgan fingerprint density at radius 1 is 1.32 bits per heavy atom. The van der Waals surface area contributed by atoms with Crippen molar-refractivity contribution < 1.29 is 19.6 Å². The summed E-state index contributed by atoms with van der Waals surface area (Å²) < 4.78 is 1.24. The number of hydrogen-bond donors (Lipinski definition) is 2. The number of pyridine rings is 1. The Morgan fingerprint density at radius 2 is 2.05 bits per heavy atom. The van der Waals surface area contributed by atoms with Gasteiger partial charge in [-0.15, -0.1) is 0 Å². The number of unbranched alkanes of at least 4 members (excludes halogenated alkanes) is 1. The molecule has 0 aliphatic rings. The molecule has 9 nitrogen and oxygen atoms in total. The molecule has 0 saturated heterocycles. The van der Waals surface area contributed by atoms with Gasteiger partial charge >= 0.3 is 5.97 Å². The fourth-order valence-electron chi connectivity index (χ4n) is 1.63. The molecule has 0 unspecified atom stereocenters. The first kappa shape index (κ1) is 17.1. The summed E-state index contributed by atoms with van der Waals surface area (Å²) >= 11 is 0. The lowest BCUT2D eigenvalue weighted by Gasteiger charge is -2.05. The van der Waals surface area contributed by atoms with Gasteiger partial charge in [-0.3, -0.25) is 19.7 Å². The summed E-state index contributed by atoms with van der Waals surface area (Å²) in [6, 6.07) is 2.28. The molecule has 0 aromatic carbocycles. The van der Waals surface area contributed by atoms with Crippen molar-refractivity contribution in [2.75, 3.05) is 6.54 Å². The number of rotatable bonds is 8. The lowest BCUT2D eigenvalue weighted by molar-refractivity contribution is -0.385. The average molecular weight is 309 g/mol. The average Bonchev–Trinajstić information content (AvgIpc) is 2.46. The predicted molar refractivity (Wildman–Crippen MR) is 76.4 cm³/mol. The van der Waals surface area contributed by atoms with Crippen LogP contribution in [-0.4, -0.2) is 33.0 Å². The third-order valence-corrected chi connectivity index (χ3v) is 2.68. The van der Waals surface area contributed by atoms with Crippen molar-refractivity contribution in [1.82, 2.24) is 9.88 Å². The minimum Gasteiger partial charge on any atom is -0.478 e. The Hall–Kier alpha value is -2.97. The fourth-order valence-corrected chi connectivity index (χ4v) is 1.63. The van der Waals surface area contributed by atoms with E-state index in [-0.39, 0.29) is 11.2 Å². The van der Waals surface area contributed by atoms with E-state index in [9.17, 15) is 24.5 Å². The van der Waals surface area contributed by atoms with E-state index in [4.69, 9.17) is 5.11 Å². The number of amides is 1. The van der Waals surface area contributed by atoms with E-state index in [1.54, 1.807) is 0 Å². The number of nitrogens with zero attached hydrogens (tertiary/aromatic N) is 2. The van der Waals surface area contributed by atoms with Crippen molar-refractivity contribution in [3.63, 3.8) is 0 Å². The Bertz CT molecular complexity index is 649. The highest BCUT2D eigenvalue weighted by Gasteiger charge is 2.07. The zero-order chi connectivity index (χ0) is 16.5. The van der Waals surface area contributed by atoms with Gasteiger partial charge in [-0.1, -0.05) is 0 Å². The molecule has 1 aromatic heterocycles. The molecule has 0 spiro atoms. The van der Waals surface area contributed by atoms with Gasteiger partial charge in [0.25, 0.3) is 11.2 Å². The van der Waals surface area contributed by atoms with Crippen molar-refractivity contribution >= 4 is 17.6 Å². The third kappa shape index (κ3) is 5.99. The van der Waals surface area contributed by atoms with Crippen LogP contribution in [-0.2, 0) is 16.1 Å². The quantitative estimate of drug-likeness (QED) is 0.307. The molecular weight excluding hydrogens is 294 g/mol. The van der Waals surface area contributed by atoms with Gasteiger partial charge in [0.05, 0.1) is 11.1 Å². The van der Waals surface area contributed by atoms with Crippen molar-refractivity contribution in [2.24, 2.45) is 0 Å². The number of hydrogen-bond acceptors (Lipinski definition) is 5. The first-order valence-electron chi connectivity index (χ1n) is 6.44. The van der Waals surface area contributed by atoms with Crippen LogP contribution in [0.1, 0.15) is 12.8 Å². The van der Waals surface area contributed by atoms with Crippen LogP contribution in [0.25, 0.3) is 0 Å². The number of nitrogens with one attached hydrogen (secondary N) is 1. The third-order valence-electron chi connectivity index (χ3n) is 2.68. The summed E-state index contributed by atoms with van der Waals surface area (Å²) in [5.74, 6) is -1.73. The molecule has 0 aliphatic carbocycles. The normalized spacial score (nSPS) is 10.5. The van der Waals surface area contributed by atoms with Gasteiger partial charge in [-0.05, 0) is 12.8 Å². The van der Waals surface area contributed by atoms with Gasteiger partial charge < -0.3 is 15.0 Å². The van der Waals surface area contributed by atoms with E-state index < -0.39 is 16.8 Å². The summed E-state index contributed by atoms with van der Waals surface area (Å²) in [5.41, 5.74) is -0.495. The van der Waals surface area contributed by atoms with Crippen LogP contribution in [0.5, 0.6) is 0 Å². The number of nitro groups is 1. The number of carboxylic acid groups (broad SMARTS) is 1. The van der Waals surface area contributed by atoms with Gasteiger partial charge in [-0.2, -0.15) is 0 Å². The van der Waals surface area contributed by atoms with Gasteiger partial charge in [0.15, 0.2) is 0 Å². The molecule has 22 heavy (non-hydrogen) atoms. The van der Waals surface area contributed by atoms with Crippen molar-refractivity contribution in [3.05, 3.63) is 50.9 Å². The minimum atomic E-state index is -1.21. The molecule has 0 radical (unpaired) electrons. The molecular formula is C13H15N3O6. The second kappa shape index (κ2) is 8.35. The van der Waals surface area contributed by atoms with E-state index in [0.717, 1.165) is 24.3 Å². The van der Waals surface area contributed by atoms with E-state index in [2.05, 4.69) is 5.32 Å². The first-order chi connectivity index (χ1) is 10.4. The number of aliphatic carboxylic acids is 1. The van der Waals surface area contributed by atoms with Gasteiger partial charge in [0.2, 0.25) is 5.91 Å². The molecule has 2 N–H and O–H groups in total. The Kier molecular flexibility index (Phi) is 6.48. The summed E-state index contributed by atoms with van der Waals surface area (Å²) in [4.78, 5) is 42.9. The SMILES string of the molecule is O=C(O)/C=C/C(=O)NCCCCn1cc([N+](=O)[O-])ccc1=O. The Labute approximate surface area is 125 Å². The summed E-state index contributed by atoms with van der Waals surface area (Å²) in [5, 5.41) is 21.4. The highest BCUT2D eigenvalue weighted by atomic mass is 16.6. The molecule has 9 heteroatoms. The molecule has 0 saturated carbocycles. The molecule has 0 aliphatic heterocycles. The molecule has 1 rings (SSSR count). The largest absolute Gasteiger partial charge is 0.478 e. The first-order valence-corrected chi connectivity index (χ1v) is 6.44. The van der Waals surface area contributed by atoms with Crippen molar-refractivity contribution in [3.8, 4) is 0 Å². The van der Waals surface area contributed by atoms with Crippen LogP contribution in [0.4, 0.5) is 5.69 Å². The number of carbonyl (C=O) groups is 2. The summed E-state index contributed by atoms with van der Waals surface area (Å²) in [6.45, 7) is 0.605. The molecule has 1 aromatic rings. The number of aromatic nitrogens is 1.